The highest BCUT2D eigenvalue weighted by Crippen LogP contribution is 2.23. The van der Waals surface area contributed by atoms with Gasteiger partial charge in [-0.15, -0.1) is 5.10 Å². The van der Waals surface area contributed by atoms with Gasteiger partial charge in [-0.1, -0.05) is 48.0 Å². The fourth-order valence-corrected chi connectivity index (χ4v) is 2.69. The van der Waals surface area contributed by atoms with Crippen LogP contribution in [-0.4, -0.2) is 15.2 Å². The molecule has 1 aromatic heterocycles. The quantitative estimate of drug-likeness (QED) is 0.590. The van der Waals surface area contributed by atoms with E-state index in [4.69, 9.17) is 0 Å². The van der Waals surface area contributed by atoms with Crippen molar-refractivity contribution >= 4 is 39.1 Å². The maximum atomic E-state index is 4.46. The summed E-state index contributed by atoms with van der Waals surface area (Å²) in [4.78, 5) is 4.46. The van der Waals surface area contributed by atoms with Crippen LogP contribution < -0.4 is 10.6 Å². The van der Waals surface area contributed by atoms with Crippen molar-refractivity contribution in [1.29, 1.82) is 0 Å². The number of hydrogen-bond donors (Lipinski definition) is 2. The number of nitrogens with one attached hydrogen (secondary N) is 2. The number of halogens is 1. The van der Waals surface area contributed by atoms with Crippen molar-refractivity contribution < 1.29 is 0 Å². The Morgan fingerprint density at radius 3 is 2.36 bits per heavy atom. The summed E-state index contributed by atoms with van der Waals surface area (Å²) in [5, 5.41) is 14.5. The molecular formula is C19H20BrN5. The molecule has 0 unspecified atom stereocenters. The summed E-state index contributed by atoms with van der Waals surface area (Å²) in [6.45, 7) is 6.40. The number of nitrogens with zero attached hydrogens (tertiary/aromatic N) is 3. The van der Waals surface area contributed by atoms with Gasteiger partial charge in [0.05, 0.1) is 6.20 Å². The molecule has 0 saturated carbocycles. The molecule has 2 N–H and O–H groups in total. The summed E-state index contributed by atoms with van der Waals surface area (Å²) in [6.07, 6.45) is 1.60. The van der Waals surface area contributed by atoms with Gasteiger partial charge in [0.1, 0.15) is 0 Å². The van der Waals surface area contributed by atoms with Crippen LogP contribution in [0.1, 0.15) is 30.9 Å². The van der Waals surface area contributed by atoms with Gasteiger partial charge in [-0.05, 0) is 48.2 Å². The molecular weight excluding hydrogens is 378 g/mol. The van der Waals surface area contributed by atoms with Crippen molar-refractivity contribution in [2.24, 2.45) is 0 Å². The van der Waals surface area contributed by atoms with Crippen molar-refractivity contribution in [2.75, 3.05) is 10.6 Å². The van der Waals surface area contributed by atoms with Gasteiger partial charge in [0.15, 0.2) is 5.82 Å². The number of benzene rings is 2. The summed E-state index contributed by atoms with van der Waals surface area (Å²) in [7, 11) is 0. The molecule has 3 rings (SSSR count). The van der Waals surface area contributed by atoms with Crippen LogP contribution in [0.3, 0.4) is 0 Å². The van der Waals surface area contributed by atoms with Crippen LogP contribution in [0, 0.1) is 6.92 Å². The molecule has 25 heavy (non-hydrogen) atoms. The standard InChI is InChI=1S/C19H20BrN5/c1-12(2)14-5-8-15(9-6-14)23-19-24-18(11-21-25-19)22-16-7-4-13(3)17(20)10-16/h4-12H,1-3H3,(H2,22,23,24,25). The molecule has 128 valence electrons. The number of aromatic nitrogens is 3. The van der Waals surface area contributed by atoms with Crippen LogP contribution in [0.2, 0.25) is 0 Å². The first kappa shape index (κ1) is 17.4. The molecule has 0 aliphatic carbocycles. The van der Waals surface area contributed by atoms with E-state index in [1.165, 1.54) is 11.1 Å². The summed E-state index contributed by atoms with van der Waals surface area (Å²) in [5.41, 5.74) is 4.34. The molecule has 0 saturated heterocycles. The Kier molecular flexibility index (Phi) is 5.28. The molecule has 6 heteroatoms. The van der Waals surface area contributed by atoms with E-state index in [-0.39, 0.29) is 0 Å². The Morgan fingerprint density at radius 2 is 1.68 bits per heavy atom. The van der Waals surface area contributed by atoms with Gasteiger partial charge in [-0.3, -0.25) is 0 Å². The molecule has 0 aliphatic heterocycles. The lowest BCUT2D eigenvalue weighted by Crippen LogP contribution is -2.02. The number of aryl methyl sites for hydroxylation is 1. The second kappa shape index (κ2) is 7.61. The van der Waals surface area contributed by atoms with Crippen LogP contribution in [0.25, 0.3) is 0 Å². The van der Waals surface area contributed by atoms with Gasteiger partial charge in [0.2, 0.25) is 5.95 Å². The largest absolute Gasteiger partial charge is 0.339 e. The Morgan fingerprint density at radius 1 is 0.960 bits per heavy atom. The molecule has 0 amide bonds. The minimum Gasteiger partial charge on any atom is -0.339 e. The highest BCUT2D eigenvalue weighted by molar-refractivity contribution is 9.10. The number of hydrogen-bond acceptors (Lipinski definition) is 5. The van der Waals surface area contributed by atoms with Crippen LogP contribution in [0.4, 0.5) is 23.1 Å². The number of anilines is 4. The third-order valence-corrected chi connectivity index (χ3v) is 4.69. The monoisotopic (exact) mass is 397 g/mol. The van der Waals surface area contributed by atoms with Gasteiger partial charge in [-0.2, -0.15) is 10.1 Å². The highest BCUT2D eigenvalue weighted by Gasteiger charge is 2.04. The fourth-order valence-electron chi connectivity index (χ4n) is 2.32. The predicted octanol–water partition coefficient (Wildman–Crippen LogP) is 5.55. The second-order valence-electron chi connectivity index (χ2n) is 6.16. The van der Waals surface area contributed by atoms with Gasteiger partial charge in [-0.25, -0.2) is 0 Å². The van der Waals surface area contributed by atoms with E-state index in [9.17, 15) is 0 Å². The number of rotatable bonds is 5. The first-order valence-corrected chi connectivity index (χ1v) is 8.90. The maximum absolute atomic E-state index is 4.46. The molecule has 0 atom stereocenters. The topological polar surface area (TPSA) is 62.7 Å². The lowest BCUT2D eigenvalue weighted by Gasteiger charge is -2.10. The third kappa shape index (κ3) is 4.54. The Labute approximate surface area is 156 Å². The van der Waals surface area contributed by atoms with Gasteiger partial charge < -0.3 is 10.6 Å². The van der Waals surface area contributed by atoms with Gasteiger partial charge in [0.25, 0.3) is 0 Å². The average molecular weight is 398 g/mol. The molecule has 0 radical (unpaired) electrons. The van der Waals surface area contributed by atoms with E-state index in [0.29, 0.717) is 17.7 Å². The molecule has 0 fully saturated rings. The molecule has 5 nitrogen and oxygen atoms in total. The maximum Gasteiger partial charge on any atom is 0.249 e. The zero-order valence-electron chi connectivity index (χ0n) is 14.4. The van der Waals surface area contributed by atoms with Crippen molar-refractivity contribution in [3.05, 3.63) is 64.3 Å². The van der Waals surface area contributed by atoms with Crippen LogP contribution in [0.15, 0.2) is 53.1 Å². The van der Waals surface area contributed by atoms with E-state index in [1.807, 2.05) is 37.3 Å². The molecule has 0 aliphatic rings. The lowest BCUT2D eigenvalue weighted by atomic mass is 10.0. The minimum absolute atomic E-state index is 0.452. The van der Waals surface area contributed by atoms with Crippen molar-refractivity contribution in [2.45, 2.75) is 26.7 Å². The van der Waals surface area contributed by atoms with E-state index in [1.54, 1.807) is 6.20 Å². The smallest absolute Gasteiger partial charge is 0.249 e. The van der Waals surface area contributed by atoms with E-state index >= 15 is 0 Å². The Bertz CT molecular complexity index is 862. The van der Waals surface area contributed by atoms with Gasteiger partial charge >= 0.3 is 0 Å². The summed E-state index contributed by atoms with van der Waals surface area (Å²) in [5.74, 6) is 1.59. The Balaban J connectivity index is 1.73. The van der Waals surface area contributed by atoms with Crippen LogP contribution in [-0.2, 0) is 0 Å². The predicted molar refractivity (Wildman–Crippen MR) is 106 cm³/mol. The highest BCUT2D eigenvalue weighted by atomic mass is 79.9. The van der Waals surface area contributed by atoms with Crippen molar-refractivity contribution in [1.82, 2.24) is 15.2 Å². The molecule has 0 spiro atoms. The first-order valence-electron chi connectivity index (χ1n) is 8.11. The lowest BCUT2D eigenvalue weighted by molar-refractivity contribution is 0.867. The summed E-state index contributed by atoms with van der Waals surface area (Å²) < 4.78 is 1.04. The van der Waals surface area contributed by atoms with Crippen LogP contribution in [0.5, 0.6) is 0 Å². The van der Waals surface area contributed by atoms with Crippen molar-refractivity contribution in [3.8, 4) is 0 Å². The Hall–Kier alpha value is -2.47. The zero-order valence-corrected chi connectivity index (χ0v) is 16.0. The SMILES string of the molecule is Cc1ccc(Nc2cnnc(Nc3ccc(C(C)C)cc3)n2)cc1Br. The summed E-state index contributed by atoms with van der Waals surface area (Å²) >= 11 is 3.53. The molecule has 1 heterocycles. The van der Waals surface area contributed by atoms with E-state index in [2.05, 4.69) is 67.7 Å². The second-order valence-corrected chi connectivity index (χ2v) is 7.01. The average Bonchev–Trinajstić information content (AvgIpc) is 2.59. The van der Waals surface area contributed by atoms with Crippen LogP contribution >= 0.6 is 15.9 Å². The zero-order chi connectivity index (χ0) is 17.8. The minimum atomic E-state index is 0.452. The summed E-state index contributed by atoms with van der Waals surface area (Å²) in [6, 6.07) is 14.3. The molecule has 0 bridgehead atoms. The molecule has 3 aromatic rings. The van der Waals surface area contributed by atoms with E-state index in [0.717, 1.165) is 15.8 Å². The van der Waals surface area contributed by atoms with E-state index < -0.39 is 0 Å². The fraction of sp³-hybridized carbons (Fsp3) is 0.211. The normalized spacial score (nSPS) is 10.8. The van der Waals surface area contributed by atoms with Crippen molar-refractivity contribution in [3.63, 3.8) is 0 Å². The third-order valence-electron chi connectivity index (χ3n) is 3.84. The molecule has 2 aromatic carbocycles. The first-order chi connectivity index (χ1) is 12.0. The van der Waals surface area contributed by atoms with Gasteiger partial charge in [0, 0.05) is 15.8 Å².